The van der Waals surface area contributed by atoms with Crippen LogP contribution in [0.5, 0.6) is 0 Å². The number of aliphatic hydroxyl groups is 1. The van der Waals surface area contributed by atoms with Gasteiger partial charge in [0, 0.05) is 24.2 Å². The molecule has 0 heterocycles. The maximum absolute atomic E-state index is 13.6. The van der Waals surface area contributed by atoms with E-state index in [0.29, 0.717) is 5.56 Å². The van der Waals surface area contributed by atoms with Crippen LogP contribution in [-0.2, 0) is 6.54 Å². The summed E-state index contributed by atoms with van der Waals surface area (Å²) in [6.45, 7) is -2.18. The van der Waals surface area contributed by atoms with Gasteiger partial charge in [0.25, 0.3) is 0 Å². The van der Waals surface area contributed by atoms with Crippen LogP contribution in [0.3, 0.4) is 0 Å². The number of nitrogens with two attached hydrogens (primary N) is 1. The van der Waals surface area contributed by atoms with Crippen LogP contribution in [0.4, 0.5) is 17.6 Å². The van der Waals surface area contributed by atoms with Gasteiger partial charge in [-0.15, -0.1) is 0 Å². The van der Waals surface area contributed by atoms with E-state index in [4.69, 9.17) is 23.1 Å². The van der Waals surface area contributed by atoms with E-state index in [1.165, 1.54) is 12.1 Å². The maximum Gasteiger partial charge on any atom is 0.401 e. The monoisotopic (exact) mass is 310 g/mol. The van der Waals surface area contributed by atoms with Crippen molar-refractivity contribution in [1.29, 1.82) is 0 Å². The normalized spacial score (nSPS) is 11.9. The molecule has 0 saturated heterocycles. The van der Waals surface area contributed by atoms with Gasteiger partial charge in [-0.1, -0.05) is 12.2 Å². The minimum Gasteiger partial charge on any atom is -0.395 e. The first-order valence-corrected chi connectivity index (χ1v) is 6.12. The Balaban J connectivity index is 2.92. The molecule has 1 aromatic carbocycles. The molecule has 0 radical (unpaired) electrons. The van der Waals surface area contributed by atoms with Gasteiger partial charge < -0.3 is 10.8 Å². The van der Waals surface area contributed by atoms with Crippen molar-refractivity contribution in [2.45, 2.75) is 12.7 Å². The molecule has 3 N–H and O–H groups in total. The average molecular weight is 310 g/mol. The Morgan fingerprint density at radius 1 is 1.35 bits per heavy atom. The number of halogens is 4. The highest BCUT2D eigenvalue weighted by Gasteiger charge is 2.30. The van der Waals surface area contributed by atoms with Gasteiger partial charge in [-0.05, 0) is 18.2 Å². The Morgan fingerprint density at radius 3 is 2.50 bits per heavy atom. The third kappa shape index (κ3) is 5.40. The molecule has 1 rings (SSSR count). The molecule has 0 unspecified atom stereocenters. The first kappa shape index (κ1) is 16.8. The second-order valence-electron chi connectivity index (χ2n) is 4.22. The minimum atomic E-state index is -4.42. The third-order valence-corrected chi connectivity index (χ3v) is 2.78. The lowest BCUT2D eigenvalue weighted by Gasteiger charge is -2.23. The molecule has 0 bridgehead atoms. The van der Waals surface area contributed by atoms with Crippen LogP contribution in [-0.4, -0.2) is 40.9 Å². The highest BCUT2D eigenvalue weighted by Crippen LogP contribution is 2.19. The summed E-state index contributed by atoms with van der Waals surface area (Å²) >= 11 is 4.74. The number of thiocarbonyl (C=S) groups is 1. The summed E-state index contributed by atoms with van der Waals surface area (Å²) in [6.07, 6.45) is -4.42. The van der Waals surface area contributed by atoms with Gasteiger partial charge in [-0.2, -0.15) is 13.2 Å². The first-order valence-electron chi connectivity index (χ1n) is 5.71. The van der Waals surface area contributed by atoms with Crippen LogP contribution in [0.1, 0.15) is 11.1 Å². The van der Waals surface area contributed by atoms with E-state index in [1.807, 2.05) is 0 Å². The van der Waals surface area contributed by atoms with E-state index >= 15 is 0 Å². The van der Waals surface area contributed by atoms with Crippen molar-refractivity contribution in [1.82, 2.24) is 4.90 Å². The van der Waals surface area contributed by atoms with E-state index in [1.54, 1.807) is 0 Å². The second kappa shape index (κ2) is 6.96. The van der Waals surface area contributed by atoms with Crippen LogP contribution in [0.2, 0.25) is 0 Å². The molecule has 0 amide bonds. The van der Waals surface area contributed by atoms with Gasteiger partial charge in [0.1, 0.15) is 10.8 Å². The zero-order chi connectivity index (χ0) is 15.3. The quantitative estimate of drug-likeness (QED) is 0.621. The average Bonchev–Trinajstić information content (AvgIpc) is 2.29. The van der Waals surface area contributed by atoms with Crippen molar-refractivity contribution < 1.29 is 22.7 Å². The number of aliphatic hydroxyl groups excluding tert-OH is 1. The van der Waals surface area contributed by atoms with Crippen molar-refractivity contribution in [2.75, 3.05) is 19.7 Å². The fourth-order valence-electron chi connectivity index (χ4n) is 1.70. The Hall–Kier alpha value is -1.25. The fraction of sp³-hybridized carbons (Fsp3) is 0.417. The van der Waals surface area contributed by atoms with Gasteiger partial charge in [-0.25, -0.2) is 4.39 Å². The summed E-state index contributed by atoms with van der Waals surface area (Å²) in [6, 6.07) is 3.79. The lowest BCUT2D eigenvalue weighted by atomic mass is 10.1. The van der Waals surface area contributed by atoms with Crippen molar-refractivity contribution in [3.8, 4) is 0 Å². The molecule has 0 aliphatic carbocycles. The predicted molar refractivity (Wildman–Crippen MR) is 70.7 cm³/mol. The minimum absolute atomic E-state index is 0.0378. The zero-order valence-corrected chi connectivity index (χ0v) is 11.3. The first-order chi connectivity index (χ1) is 9.23. The number of hydrogen-bond acceptors (Lipinski definition) is 3. The van der Waals surface area contributed by atoms with Gasteiger partial charge in [0.2, 0.25) is 0 Å². The van der Waals surface area contributed by atoms with Crippen LogP contribution in [0.15, 0.2) is 18.2 Å². The number of alkyl halides is 3. The van der Waals surface area contributed by atoms with E-state index in [0.717, 1.165) is 11.0 Å². The number of rotatable bonds is 6. The maximum atomic E-state index is 13.6. The molecule has 0 aliphatic heterocycles. The van der Waals surface area contributed by atoms with E-state index < -0.39 is 25.1 Å². The molecule has 112 valence electrons. The number of nitrogens with zero attached hydrogens (tertiary/aromatic N) is 1. The molecule has 0 spiro atoms. The molecule has 1 aromatic rings. The Labute approximate surface area is 119 Å². The summed E-state index contributed by atoms with van der Waals surface area (Å²) in [7, 11) is 0. The highest BCUT2D eigenvalue weighted by atomic mass is 32.1. The topological polar surface area (TPSA) is 49.5 Å². The smallest absolute Gasteiger partial charge is 0.395 e. The summed E-state index contributed by atoms with van der Waals surface area (Å²) < 4.78 is 50.8. The van der Waals surface area contributed by atoms with Crippen molar-refractivity contribution in [2.24, 2.45) is 5.73 Å². The SMILES string of the molecule is NC(=S)c1ccc(F)c(CN(CCO)CC(F)(F)F)c1. The lowest BCUT2D eigenvalue weighted by molar-refractivity contribution is -0.148. The molecule has 3 nitrogen and oxygen atoms in total. The predicted octanol–water partition coefficient (Wildman–Crippen LogP) is 1.82. The molecular weight excluding hydrogens is 296 g/mol. The summed E-state index contributed by atoms with van der Waals surface area (Å²) in [4.78, 5) is 0.942. The van der Waals surface area contributed by atoms with Crippen LogP contribution >= 0.6 is 12.2 Å². The van der Waals surface area contributed by atoms with Crippen LogP contribution in [0.25, 0.3) is 0 Å². The van der Waals surface area contributed by atoms with Crippen LogP contribution < -0.4 is 5.73 Å². The van der Waals surface area contributed by atoms with Crippen molar-refractivity contribution in [3.05, 3.63) is 35.1 Å². The molecule has 0 saturated carbocycles. The lowest BCUT2D eigenvalue weighted by Crippen LogP contribution is -2.36. The fourth-order valence-corrected chi connectivity index (χ4v) is 1.83. The van der Waals surface area contributed by atoms with Gasteiger partial charge in [0.05, 0.1) is 13.2 Å². The van der Waals surface area contributed by atoms with Crippen LogP contribution in [0, 0.1) is 5.82 Å². The van der Waals surface area contributed by atoms with E-state index in [9.17, 15) is 17.6 Å². The Bertz CT molecular complexity index is 479. The molecule has 20 heavy (non-hydrogen) atoms. The second-order valence-corrected chi connectivity index (χ2v) is 4.66. The number of hydrogen-bond donors (Lipinski definition) is 2. The molecular formula is C12H14F4N2OS. The Kier molecular flexibility index (Phi) is 5.85. The Morgan fingerprint density at radius 2 is 2.00 bits per heavy atom. The number of benzene rings is 1. The summed E-state index contributed by atoms with van der Waals surface area (Å²) in [5.74, 6) is -0.643. The van der Waals surface area contributed by atoms with Gasteiger partial charge in [-0.3, -0.25) is 4.90 Å². The van der Waals surface area contributed by atoms with E-state index in [-0.39, 0.29) is 23.6 Å². The molecule has 0 atom stereocenters. The zero-order valence-electron chi connectivity index (χ0n) is 10.5. The van der Waals surface area contributed by atoms with Gasteiger partial charge >= 0.3 is 6.18 Å². The highest BCUT2D eigenvalue weighted by molar-refractivity contribution is 7.80. The van der Waals surface area contributed by atoms with Gasteiger partial charge in [0.15, 0.2) is 0 Å². The third-order valence-electron chi connectivity index (χ3n) is 2.54. The molecule has 0 aromatic heterocycles. The molecule has 0 aliphatic rings. The largest absolute Gasteiger partial charge is 0.401 e. The molecule has 8 heteroatoms. The summed E-state index contributed by atoms with van der Waals surface area (Å²) in [5, 5.41) is 8.78. The standard InChI is InChI=1S/C12H14F4N2OS/c13-10-2-1-8(11(17)20)5-9(10)6-18(3-4-19)7-12(14,15)16/h1-2,5,19H,3-4,6-7H2,(H2,17,20). The summed E-state index contributed by atoms with van der Waals surface area (Å²) in [5.41, 5.74) is 5.83. The molecule has 0 fully saturated rings. The van der Waals surface area contributed by atoms with Crippen molar-refractivity contribution in [3.63, 3.8) is 0 Å². The van der Waals surface area contributed by atoms with E-state index in [2.05, 4.69) is 0 Å². The van der Waals surface area contributed by atoms with Crippen molar-refractivity contribution >= 4 is 17.2 Å².